The quantitative estimate of drug-likeness (QED) is 0.731. The molecule has 0 saturated heterocycles. The highest BCUT2D eigenvalue weighted by atomic mass is 15.1. The lowest BCUT2D eigenvalue weighted by atomic mass is 9.78. The zero-order chi connectivity index (χ0) is 11.5. The molecule has 16 heavy (non-hydrogen) atoms. The van der Waals surface area contributed by atoms with Crippen LogP contribution in [0.4, 0.5) is 0 Å². The molecule has 2 nitrogen and oxygen atoms in total. The van der Waals surface area contributed by atoms with Gasteiger partial charge in [-0.05, 0) is 51.0 Å². The first kappa shape index (κ1) is 11.9. The molecule has 2 rings (SSSR count). The highest BCUT2D eigenvalue weighted by molar-refractivity contribution is 4.97. The van der Waals surface area contributed by atoms with Crippen molar-refractivity contribution < 1.29 is 0 Å². The standard InChI is InChI=1S/C14H24N2/c1-11-6-7-13(9-15)14(8-11)16(2)10-12-4-3-5-12/h11-14H,3-8,10H2,1-2H3. The molecule has 0 N–H and O–H groups in total. The van der Waals surface area contributed by atoms with E-state index in [2.05, 4.69) is 24.9 Å². The molecule has 0 aliphatic heterocycles. The third-order valence-corrected chi connectivity index (χ3v) is 4.58. The Labute approximate surface area is 99.6 Å². The summed E-state index contributed by atoms with van der Waals surface area (Å²) < 4.78 is 0. The van der Waals surface area contributed by atoms with Crippen molar-refractivity contribution in [2.24, 2.45) is 17.8 Å². The van der Waals surface area contributed by atoms with Crippen LogP contribution < -0.4 is 0 Å². The Hall–Kier alpha value is -0.550. The maximum Gasteiger partial charge on any atom is 0.0672 e. The van der Waals surface area contributed by atoms with Crippen molar-refractivity contribution in [2.75, 3.05) is 13.6 Å². The molecule has 0 bridgehead atoms. The monoisotopic (exact) mass is 220 g/mol. The van der Waals surface area contributed by atoms with Crippen molar-refractivity contribution in [2.45, 2.75) is 51.5 Å². The molecule has 3 unspecified atom stereocenters. The molecule has 2 fully saturated rings. The van der Waals surface area contributed by atoms with Gasteiger partial charge in [0.05, 0.1) is 12.0 Å². The Bertz CT molecular complexity index is 264. The summed E-state index contributed by atoms with van der Waals surface area (Å²) in [6.45, 7) is 3.55. The van der Waals surface area contributed by atoms with Gasteiger partial charge in [-0.1, -0.05) is 13.3 Å². The molecule has 0 aromatic carbocycles. The molecule has 2 saturated carbocycles. The molecule has 2 heteroatoms. The lowest BCUT2D eigenvalue weighted by molar-refractivity contribution is 0.0964. The van der Waals surface area contributed by atoms with Gasteiger partial charge in [0, 0.05) is 12.6 Å². The van der Waals surface area contributed by atoms with E-state index in [0.29, 0.717) is 6.04 Å². The van der Waals surface area contributed by atoms with Gasteiger partial charge in [0.15, 0.2) is 0 Å². The molecule has 0 aromatic heterocycles. The number of hydrogen-bond donors (Lipinski definition) is 0. The minimum Gasteiger partial charge on any atom is -0.302 e. The SMILES string of the molecule is CC1CCC(C#N)C(N(C)CC2CCC2)C1. The van der Waals surface area contributed by atoms with Crippen LogP contribution in [0.3, 0.4) is 0 Å². The average molecular weight is 220 g/mol. The van der Waals surface area contributed by atoms with Crippen LogP contribution in [0, 0.1) is 29.1 Å². The second-order valence-electron chi connectivity index (χ2n) is 5.96. The number of nitriles is 1. The maximum absolute atomic E-state index is 9.23. The first-order valence-electron chi connectivity index (χ1n) is 6.80. The molecule has 0 radical (unpaired) electrons. The summed E-state index contributed by atoms with van der Waals surface area (Å²) >= 11 is 0. The van der Waals surface area contributed by atoms with Gasteiger partial charge in [-0.25, -0.2) is 0 Å². The first-order valence-corrected chi connectivity index (χ1v) is 6.80. The fourth-order valence-corrected chi connectivity index (χ4v) is 3.21. The second kappa shape index (κ2) is 5.19. The van der Waals surface area contributed by atoms with Crippen molar-refractivity contribution in [3.8, 4) is 6.07 Å². The summed E-state index contributed by atoms with van der Waals surface area (Å²) in [4.78, 5) is 2.48. The molecular weight excluding hydrogens is 196 g/mol. The van der Waals surface area contributed by atoms with E-state index >= 15 is 0 Å². The van der Waals surface area contributed by atoms with Crippen molar-refractivity contribution in [1.82, 2.24) is 4.90 Å². The second-order valence-corrected chi connectivity index (χ2v) is 5.96. The smallest absolute Gasteiger partial charge is 0.0672 e. The molecule has 2 aliphatic carbocycles. The van der Waals surface area contributed by atoms with Gasteiger partial charge >= 0.3 is 0 Å². The zero-order valence-electron chi connectivity index (χ0n) is 10.7. The summed E-state index contributed by atoms with van der Waals surface area (Å²) in [6.07, 6.45) is 7.81. The van der Waals surface area contributed by atoms with E-state index in [1.54, 1.807) is 0 Å². The van der Waals surface area contributed by atoms with Crippen LogP contribution in [0.5, 0.6) is 0 Å². The maximum atomic E-state index is 9.23. The summed E-state index contributed by atoms with van der Waals surface area (Å²) in [5.41, 5.74) is 0. The van der Waals surface area contributed by atoms with E-state index in [4.69, 9.17) is 0 Å². The van der Waals surface area contributed by atoms with Crippen molar-refractivity contribution in [3.63, 3.8) is 0 Å². The van der Waals surface area contributed by atoms with Crippen LogP contribution in [0.1, 0.15) is 45.4 Å². The van der Waals surface area contributed by atoms with Gasteiger partial charge in [0.1, 0.15) is 0 Å². The Morgan fingerprint density at radius 3 is 2.56 bits per heavy atom. The number of rotatable bonds is 3. The van der Waals surface area contributed by atoms with Crippen LogP contribution in [0.2, 0.25) is 0 Å². The van der Waals surface area contributed by atoms with E-state index in [-0.39, 0.29) is 5.92 Å². The Morgan fingerprint density at radius 2 is 2.00 bits per heavy atom. The lowest BCUT2D eigenvalue weighted by Gasteiger charge is -2.40. The molecule has 90 valence electrons. The minimum absolute atomic E-state index is 0.279. The lowest BCUT2D eigenvalue weighted by Crippen LogP contribution is -2.44. The van der Waals surface area contributed by atoms with Crippen molar-refractivity contribution in [1.29, 1.82) is 5.26 Å². The molecule has 0 aromatic rings. The van der Waals surface area contributed by atoms with Crippen LogP contribution >= 0.6 is 0 Å². The summed E-state index contributed by atoms with van der Waals surface area (Å²) in [6, 6.07) is 3.05. The molecule has 0 heterocycles. The predicted octanol–water partition coefficient (Wildman–Crippen LogP) is 3.05. The molecular formula is C14H24N2. The van der Waals surface area contributed by atoms with Crippen LogP contribution in [0.15, 0.2) is 0 Å². The Balaban J connectivity index is 1.90. The van der Waals surface area contributed by atoms with Gasteiger partial charge in [0.25, 0.3) is 0 Å². The molecule has 0 amide bonds. The number of hydrogen-bond acceptors (Lipinski definition) is 2. The third-order valence-electron chi connectivity index (χ3n) is 4.58. The summed E-state index contributed by atoms with van der Waals surface area (Å²) in [7, 11) is 2.23. The fourth-order valence-electron chi connectivity index (χ4n) is 3.21. The van der Waals surface area contributed by atoms with Gasteiger partial charge in [-0.15, -0.1) is 0 Å². The Kier molecular flexibility index (Phi) is 3.86. The van der Waals surface area contributed by atoms with Crippen molar-refractivity contribution >= 4 is 0 Å². The highest BCUT2D eigenvalue weighted by Crippen LogP contribution is 2.33. The third kappa shape index (κ3) is 2.58. The van der Waals surface area contributed by atoms with Crippen molar-refractivity contribution in [3.05, 3.63) is 0 Å². The van der Waals surface area contributed by atoms with Gasteiger partial charge in [-0.2, -0.15) is 5.26 Å². The van der Waals surface area contributed by atoms with E-state index in [1.165, 1.54) is 38.6 Å². The first-order chi connectivity index (χ1) is 7.70. The normalized spacial score (nSPS) is 35.8. The zero-order valence-corrected chi connectivity index (χ0v) is 10.7. The topological polar surface area (TPSA) is 27.0 Å². The van der Waals surface area contributed by atoms with E-state index in [0.717, 1.165) is 18.3 Å². The highest BCUT2D eigenvalue weighted by Gasteiger charge is 2.32. The largest absolute Gasteiger partial charge is 0.302 e. The molecule has 2 aliphatic rings. The molecule has 0 spiro atoms. The fraction of sp³-hybridized carbons (Fsp3) is 0.929. The van der Waals surface area contributed by atoms with Crippen LogP contribution in [-0.2, 0) is 0 Å². The number of nitrogens with zero attached hydrogens (tertiary/aromatic N) is 2. The average Bonchev–Trinajstić information content (AvgIpc) is 2.23. The van der Waals surface area contributed by atoms with Crippen LogP contribution in [-0.4, -0.2) is 24.5 Å². The van der Waals surface area contributed by atoms with Crippen LogP contribution in [0.25, 0.3) is 0 Å². The van der Waals surface area contributed by atoms with Gasteiger partial charge in [0.2, 0.25) is 0 Å². The summed E-state index contributed by atoms with van der Waals surface area (Å²) in [5, 5.41) is 9.23. The minimum atomic E-state index is 0.279. The summed E-state index contributed by atoms with van der Waals surface area (Å²) in [5.74, 6) is 2.00. The van der Waals surface area contributed by atoms with E-state index < -0.39 is 0 Å². The predicted molar refractivity (Wildman–Crippen MR) is 65.9 cm³/mol. The molecule has 3 atom stereocenters. The Morgan fingerprint density at radius 1 is 1.25 bits per heavy atom. The van der Waals surface area contributed by atoms with E-state index in [9.17, 15) is 5.26 Å². The van der Waals surface area contributed by atoms with E-state index in [1.807, 2.05) is 0 Å². The van der Waals surface area contributed by atoms with Gasteiger partial charge in [-0.3, -0.25) is 0 Å². The van der Waals surface area contributed by atoms with Gasteiger partial charge < -0.3 is 4.90 Å².